The van der Waals surface area contributed by atoms with Gasteiger partial charge in [-0.1, -0.05) is 102 Å². The summed E-state index contributed by atoms with van der Waals surface area (Å²) in [5.74, 6) is -6.22. The van der Waals surface area contributed by atoms with E-state index in [4.69, 9.17) is 28.7 Å². The number of nitrogens with two attached hydrogens (primary N) is 5. The first-order valence-corrected chi connectivity index (χ1v) is 32.2. The van der Waals surface area contributed by atoms with E-state index in [9.17, 15) is 56.9 Å². The smallest absolute Gasteiger partial charge is 0.269 e. The van der Waals surface area contributed by atoms with Crippen molar-refractivity contribution in [1.82, 2.24) is 41.5 Å². The maximum atomic E-state index is 14.6. The van der Waals surface area contributed by atoms with Crippen LogP contribution in [0.5, 0.6) is 0 Å². The lowest BCUT2D eigenvalue weighted by Crippen LogP contribution is -2.60. The van der Waals surface area contributed by atoms with E-state index in [2.05, 4.69) is 37.2 Å². The molecule has 8 amide bonds. The number of carbonyl (C=O) groups excluding carboxylic acids is 8. The van der Waals surface area contributed by atoms with Crippen molar-refractivity contribution < 1.29 is 51.7 Å². The number of carbonyl (C=O) groups is 8. The van der Waals surface area contributed by atoms with Gasteiger partial charge >= 0.3 is 0 Å². The van der Waals surface area contributed by atoms with Crippen LogP contribution in [0.4, 0.5) is 5.69 Å². The van der Waals surface area contributed by atoms with Gasteiger partial charge in [0.2, 0.25) is 57.3 Å². The van der Waals surface area contributed by atoms with Crippen molar-refractivity contribution in [3.63, 3.8) is 0 Å². The van der Waals surface area contributed by atoms with Gasteiger partial charge in [0.1, 0.15) is 36.3 Å². The number of rotatable bonds is 43. The quantitative estimate of drug-likeness (QED) is 0.0218. The minimum atomic E-state index is -4.57. The van der Waals surface area contributed by atoms with Crippen molar-refractivity contribution in [3.8, 4) is 0 Å². The van der Waals surface area contributed by atoms with Crippen molar-refractivity contribution in [3.05, 3.63) is 106 Å². The van der Waals surface area contributed by atoms with Crippen molar-refractivity contribution in [2.75, 3.05) is 32.7 Å². The van der Waals surface area contributed by atoms with E-state index in [1.54, 1.807) is 30.3 Å². The van der Waals surface area contributed by atoms with E-state index < -0.39 is 124 Å². The third-order valence-corrected chi connectivity index (χ3v) is 16.3. The number of primary amides is 1. The molecular formula is C62H98N14O12S. The second-order valence-corrected chi connectivity index (χ2v) is 25.8. The Hall–Kier alpha value is -7.43. The van der Waals surface area contributed by atoms with E-state index in [0.29, 0.717) is 50.6 Å². The molecule has 27 heteroatoms. The molecule has 0 spiro atoms. The zero-order valence-corrected chi connectivity index (χ0v) is 53.3. The Morgan fingerprint density at radius 3 is 1.17 bits per heavy atom. The summed E-state index contributed by atoms with van der Waals surface area (Å²) in [4.78, 5) is 123. The first-order chi connectivity index (χ1) is 42.2. The molecular weight excluding hydrogens is 1160 g/mol. The number of non-ortho nitro benzene ring substituents is 1. The molecule has 0 saturated carbocycles. The SMILES string of the molecule is CC(C)C[C@H](NC(=O)[C@H](CC(C)C)NC(=O)[C@H](CCCCN)NC(=O)[C@H](CC(C)C)NC(=O)[C@@H](N)Cc1ccccc1)C(=O)N[C@@H](CCCCN)C(=O)N[C@@H](CCCCN)C(=O)N[C@@H](Cc1ccccc1)CN(CC(N)=O)S(=O)(=O)c1ccc([N+](=O)[O-])cc1. The molecule has 3 rings (SSSR count). The summed E-state index contributed by atoms with van der Waals surface area (Å²) >= 11 is 0. The Bertz CT molecular complexity index is 2830. The molecule has 0 unspecified atom stereocenters. The minimum absolute atomic E-state index is 0.0291. The number of amides is 8. The molecule has 3 aromatic carbocycles. The lowest BCUT2D eigenvalue weighted by atomic mass is 9.98. The summed E-state index contributed by atoms with van der Waals surface area (Å²) < 4.78 is 29.0. The number of benzene rings is 3. The zero-order chi connectivity index (χ0) is 66.2. The van der Waals surface area contributed by atoms with Gasteiger partial charge < -0.3 is 65.9 Å². The fourth-order valence-electron chi connectivity index (χ4n) is 9.91. The highest BCUT2D eigenvalue weighted by Gasteiger charge is 2.36. The fraction of sp³-hybridized carbons (Fsp3) is 0.581. The van der Waals surface area contributed by atoms with Gasteiger partial charge in [0.05, 0.1) is 22.4 Å². The predicted molar refractivity (Wildman–Crippen MR) is 340 cm³/mol. The lowest BCUT2D eigenvalue weighted by molar-refractivity contribution is -0.384. The predicted octanol–water partition coefficient (Wildman–Crippen LogP) is 1.80. The summed E-state index contributed by atoms with van der Waals surface area (Å²) in [6, 6.07) is 12.7. The average Bonchev–Trinajstić information content (AvgIpc) is 2.88. The number of sulfonamides is 1. The van der Waals surface area contributed by atoms with Crippen LogP contribution >= 0.6 is 0 Å². The van der Waals surface area contributed by atoms with Gasteiger partial charge in [-0.25, -0.2) is 8.42 Å². The van der Waals surface area contributed by atoms with E-state index >= 15 is 0 Å². The number of hydrogen-bond acceptors (Lipinski definition) is 16. The Morgan fingerprint density at radius 2 is 0.820 bits per heavy atom. The van der Waals surface area contributed by atoms with E-state index in [-0.39, 0.29) is 92.8 Å². The van der Waals surface area contributed by atoms with Gasteiger partial charge in [-0.2, -0.15) is 4.31 Å². The topological polar surface area (TPSA) is 431 Å². The molecule has 0 fully saturated rings. The van der Waals surface area contributed by atoms with Gasteiger partial charge in [-0.15, -0.1) is 0 Å². The Balaban J connectivity index is 1.94. The lowest BCUT2D eigenvalue weighted by Gasteiger charge is -2.30. The van der Waals surface area contributed by atoms with Crippen molar-refractivity contribution >= 4 is 63.0 Å². The number of nitro groups is 1. The molecule has 0 aliphatic heterocycles. The van der Waals surface area contributed by atoms with E-state index in [1.165, 1.54) is 0 Å². The van der Waals surface area contributed by atoms with Crippen LogP contribution in [0.3, 0.4) is 0 Å². The normalized spacial score (nSPS) is 14.3. The number of hydrogen-bond donors (Lipinski definition) is 12. The highest BCUT2D eigenvalue weighted by atomic mass is 32.2. The maximum Gasteiger partial charge on any atom is 0.269 e. The van der Waals surface area contributed by atoms with Gasteiger partial charge in [0.15, 0.2) is 0 Å². The molecule has 17 N–H and O–H groups in total. The molecule has 0 aliphatic carbocycles. The molecule has 89 heavy (non-hydrogen) atoms. The zero-order valence-electron chi connectivity index (χ0n) is 52.5. The van der Waals surface area contributed by atoms with E-state index in [0.717, 1.165) is 34.1 Å². The van der Waals surface area contributed by atoms with Gasteiger partial charge in [-0.05, 0) is 151 Å². The Morgan fingerprint density at radius 1 is 0.483 bits per heavy atom. The van der Waals surface area contributed by atoms with E-state index in [1.807, 2.05) is 71.9 Å². The van der Waals surface area contributed by atoms with Crippen LogP contribution in [0, 0.1) is 27.9 Å². The van der Waals surface area contributed by atoms with Crippen LogP contribution in [0.1, 0.15) is 130 Å². The van der Waals surface area contributed by atoms with Crippen LogP contribution in [-0.4, -0.2) is 146 Å². The molecule has 0 radical (unpaired) electrons. The summed E-state index contributed by atoms with van der Waals surface area (Å²) in [5.41, 5.74) is 30.5. The third kappa shape index (κ3) is 27.9. The Kier molecular flexibility index (Phi) is 33.7. The summed E-state index contributed by atoms with van der Waals surface area (Å²) in [7, 11) is -4.57. The standard InChI is InChI=1S/C62H98N14O12S/c1-40(2)33-52(72-56(78)48(66)37-44-21-11-8-12-22-44)60(82)71-51(25-15-18-32-65)59(81)73-54(35-42(5)6)62(84)74-53(34-41(3)4)61(83)70-50(24-14-17-31-64)58(80)69-49(23-13-16-30-63)57(79)68-45(36-43-19-9-7-10-20-43)38-75(39-55(67)77)89(87,88)47-28-26-46(27-29-47)76(85)86/h7-12,19-22,26-29,40-42,45,48-54H,13-18,23-25,30-39,63-66H2,1-6H3,(H2,67,77)(H,68,79)(H,69,80)(H,70,83)(H,71,82)(H,72,78)(H,73,81)(H,74,84)/t45-,48-,49-,50-,51-,52-,53-,54-/m0/s1. The van der Waals surface area contributed by atoms with Crippen molar-refractivity contribution in [2.45, 2.75) is 185 Å². The first-order valence-electron chi connectivity index (χ1n) is 30.8. The number of unbranched alkanes of at least 4 members (excludes halogenated alkanes) is 3. The highest BCUT2D eigenvalue weighted by Crippen LogP contribution is 2.22. The summed E-state index contributed by atoms with van der Waals surface area (Å²) in [5, 5.41) is 31.1. The van der Waals surface area contributed by atoms with Crippen LogP contribution in [-0.2, 0) is 61.2 Å². The molecule has 0 heterocycles. The van der Waals surface area contributed by atoms with Crippen LogP contribution in [0.15, 0.2) is 89.8 Å². The number of nitro benzene ring substituents is 1. The molecule has 0 bridgehead atoms. The first kappa shape index (κ1) is 75.8. The second-order valence-electron chi connectivity index (χ2n) is 23.8. The molecule has 0 aromatic heterocycles. The number of nitrogens with zero attached hydrogens (tertiary/aromatic N) is 2. The molecule has 0 aliphatic rings. The van der Waals surface area contributed by atoms with Crippen molar-refractivity contribution in [2.24, 2.45) is 46.4 Å². The average molecular weight is 1260 g/mol. The highest BCUT2D eigenvalue weighted by molar-refractivity contribution is 7.89. The largest absolute Gasteiger partial charge is 0.369 e. The third-order valence-electron chi connectivity index (χ3n) is 14.5. The maximum absolute atomic E-state index is 14.6. The molecule has 0 saturated heterocycles. The van der Waals surface area contributed by atoms with Gasteiger partial charge in [0.25, 0.3) is 5.69 Å². The molecule has 26 nitrogen and oxygen atoms in total. The minimum Gasteiger partial charge on any atom is -0.369 e. The Labute approximate surface area is 524 Å². The summed E-state index contributed by atoms with van der Waals surface area (Å²) in [6.07, 6.45) is 3.50. The number of nitrogens with one attached hydrogen (secondary N) is 7. The van der Waals surface area contributed by atoms with Gasteiger partial charge in [0, 0.05) is 24.7 Å². The fourth-order valence-corrected chi connectivity index (χ4v) is 11.4. The summed E-state index contributed by atoms with van der Waals surface area (Å²) in [6.45, 7) is 10.6. The molecule has 8 atom stereocenters. The van der Waals surface area contributed by atoms with Gasteiger partial charge in [-0.3, -0.25) is 48.5 Å². The monoisotopic (exact) mass is 1260 g/mol. The second kappa shape index (κ2) is 39.5. The molecule has 494 valence electrons. The van der Waals surface area contributed by atoms with Crippen LogP contribution in [0.2, 0.25) is 0 Å². The van der Waals surface area contributed by atoms with Crippen LogP contribution in [0.25, 0.3) is 0 Å². The molecule has 3 aromatic rings. The van der Waals surface area contributed by atoms with Crippen LogP contribution < -0.4 is 65.9 Å². The van der Waals surface area contributed by atoms with Crippen molar-refractivity contribution in [1.29, 1.82) is 0 Å².